The summed E-state index contributed by atoms with van der Waals surface area (Å²) in [6, 6.07) is 6.06. The molecule has 0 spiro atoms. The lowest BCUT2D eigenvalue weighted by atomic mass is 9.95. The molecular formula is C16H26N4O. The van der Waals surface area contributed by atoms with E-state index in [4.69, 9.17) is 10.9 Å². The van der Waals surface area contributed by atoms with Gasteiger partial charge in [-0.3, -0.25) is 0 Å². The highest BCUT2D eigenvalue weighted by Crippen LogP contribution is 2.27. The first-order chi connectivity index (χ1) is 10.0. The van der Waals surface area contributed by atoms with Crippen LogP contribution in [-0.2, 0) is 0 Å². The van der Waals surface area contributed by atoms with Gasteiger partial charge in [-0.25, -0.2) is 0 Å². The summed E-state index contributed by atoms with van der Waals surface area (Å²) in [7, 11) is 4.26. The number of aryl methyl sites for hydroxylation is 1. The van der Waals surface area contributed by atoms with Gasteiger partial charge in [0.2, 0.25) is 0 Å². The van der Waals surface area contributed by atoms with E-state index < -0.39 is 0 Å². The summed E-state index contributed by atoms with van der Waals surface area (Å²) in [5, 5.41) is 12.1. The maximum Gasteiger partial charge on any atom is 0.172 e. The van der Waals surface area contributed by atoms with Gasteiger partial charge in [-0.05, 0) is 57.5 Å². The number of hydrogen-bond acceptors (Lipinski definition) is 4. The van der Waals surface area contributed by atoms with Crippen LogP contribution in [0.5, 0.6) is 0 Å². The minimum absolute atomic E-state index is 0.181. The molecule has 0 amide bonds. The zero-order chi connectivity index (χ0) is 15.4. The van der Waals surface area contributed by atoms with Crippen LogP contribution in [0.4, 0.5) is 5.69 Å². The minimum Gasteiger partial charge on any atom is -0.409 e. The molecule has 5 nitrogen and oxygen atoms in total. The standard InChI is InChI=1S/C16H26N4O/c1-12-4-5-14(16(17)18-21)15(10-12)20-8-6-13(7-9-20)11-19(2)3/h4-5,10,13,21H,6-9,11H2,1-3H3,(H2,17,18). The Morgan fingerprint density at radius 2 is 2.05 bits per heavy atom. The number of amidine groups is 1. The zero-order valence-electron chi connectivity index (χ0n) is 13.2. The van der Waals surface area contributed by atoms with E-state index >= 15 is 0 Å². The number of benzene rings is 1. The molecule has 1 aliphatic rings. The Hall–Kier alpha value is -1.75. The number of nitrogens with two attached hydrogens (primary N) is 1. The normalized spacial score (nSPS) is 17.5. The van der Waals surface area contributed by atoms with Crippen molar-refractivity contribution in [2.45, 2.75) is 19.8 Å². The summed E-state index contributed by atoms with van der Waals surface area (Å²) in [5.41, 5.74) is 8.89. The Morgan fingerprint density at radius 3 is 2.62 bits per heavy atom. The number of piperidine rings is 1. The van der Waals surface area contributed by atoms with Gasteiger partial charge in [0.1, 0.15) is 0 Å². The average molecular weight is 290 g/mol. The molecule has 2 rings (SSSR count). The average Bonchev–Trinajstić information content (AvgIpc) is 2.46. The number of hydrogen-bond donors (Lipinski definition) is 2. The summed E-state index contributed by atoms with van der Waals surface area (Å²) in [4.78, 5) is 4.61. The highest BCUT2D eigenvalue weighted by atomic mass is 16.4. The Kier molecular flexibility index (Phi) is 5.07. The lowest BCUT2D eigenvalue weighted by Gasteiger charge is -2.35. The summed E-state index contributed by atoms with van der Waals surface area (Å²) in [5.74, 6) is 0.939. The molecule has 1 aliphatic heterocycles. The molecule has 5 heteroatoms. The fourth-order valence-corrected chi connectivity index (χ4v) is 3.05. The maximum atomic E-state index is 8.96. The second kappa shape index (κ2) is 6.80. The molecule has 1 aromatic rings. The predicted molar refractivity (Wildman–Crippen MR) is 87.2 cm³/mol. The van der Waals surface area contributed by atoms with E-state index in [1.807, 2.05) is 12.1 Å². The largest absolute Gasteiger partial charge is 0.409 e. The smallest absolute Gasteiger partial charge is 0.172 e. The van der Waals surface area contributed by atoms with Crippen LogP contribution < -0.4 is 10.6 Å². The van der Waals surface area contributed by atoms with E-state index in [-0.39, 0.29) is 5.84 Å². The summed E-state index contributed by atoms with van der Waals surface area (Å²) >= 11 is 0. The van der Waals surface area contributed by atoms with E-state index in [0.717, 1.165) is 36.8 Å². The van der Waals surface area contributed by atoms with Gasteiger partial charge in [0.05, 0.1) is 0 Å². The molecule has 0 aliphatic carbocycles. The molecule has 21 heavy (non-hydrogen) atoms. The van der Waals surface area contributed by atoms with E-state index in [9.17, 15) is 0 Å². The number of oxime groups is 1. The summed E-state index contributed by atoms with van der Waals surface area (Å²) in [6.45, 7) is 5.26. The molecule has 1 aromatic carbocycles. The first-order valence-corrected chi connectivity index (χ1v) is 7.49. The molecule has 0 radical (unpaired) electrons. The molecule has 3 N–H and O–H groups in total. The highest BCUT2D eigenvalue weighted by Gasteiger charge is 2.22. The highest BCUT2D eigenvalue weighted by molar-refractivity contribution is 6.02. The van der Waals surface area contributed by atoms with Crippen molar-refractivity contribution >= 4 is 11.5 Å². The van der Waals surface area contributed by atoms with Crippen LogP contribution >= 0.6 is 0 Å². The number of nitrogens with zero attached hydrogens (tertiary/aromatic N) is 3. The van der Waals surface area contributed by atoms with Crippen molar-refractivity contribution < 1.29 is 5.21 Å². The summed E-state index contributed by atoms with van der Waals surface area (Å²) < 4.78 is 0. The number of anilines is 1. The van der Waals surface area contributed by atoms with Crippen molar-refractivity contribution in [3.8, 4) is 0 Å². The lowest BCUT2D eigenvalue weighted by Crippen LogP contribution is -2.38. The van der Waals surface area contributed by atoms with E-state index in [1.165, 1.54) is 18.4 Å². The van der Waals surface area contributed by atoms with E-state index in [1.54, 1.807) is 0 Å². The van der Waals surface area contributed by atoms with Gasteiger partial charge >= 0.3 is 0 Å². The van der Waals surface area contributed by atoms with E-state index in [2.05, 4.69) is 42.0 Å². The van der Waals surface area contributed by atoms with E-state index in [0.29, 0.717) is 0 Å². The lowest BCUT2D eigenvalue weighted by molar-refractivity contribution is 0.285. The van der Waals surface area contributed by atoms with Crippen LogP contribution in [0.1, 0.15) is 24.0 Å². The number of rotatable bonds is 4. The van der Waals surface area contributed by atoms with Crippen molar-refractivity contribution in [2.75, 3.05) is 38.6 Å². The van der Waals surface area contributed by atoms with Crippen molar-refractivity contribution in [3.05, 3.63) is 29.3 Å². The van der Waals surface area contributed by atoms with Crippen LogP contribution in [0.3, 0.4) is 0 Å². The third-order valence-electron chi connectivity index (χ3n) is 4.12. The molecule has 1 saturated heterocycles. The third kappa shape index (κ3) is 3.88. The van der Waals surface area contributed by atoms with Crippen molar-refractivity contribution in [2.24, 2.45) is 16.8 Å². The van der Waals surface area contributed by atoms with Gasteiger partial charge in [-0.15, -0.1) is 0 Å². The van der Waals surface area contributed by atoms with Crippen LogP contribution in [0.15, 0.2) is 23.4 Å². The molecular weight excluding hydrogens is 264 g/mol. The topological polar surface area (TPSA) is 65.1 Å². The van der Waals surface area contributed by atoms with Gasteiger partial charge in [0, 0.05) is 30.9 Å². The second-order valence-electron chi connectivity index (χ2n) is 6.20. The SMILES string of the molecule is Cc1ccc(C(N)=NO)c(N2CCC(CN(C)C)CC2)c1. The van der Waals surface area contributed by atoms with Gasteiger partial charge < -0.3 is 20.7 Å². The van der Waals surface area contributed by atoms with Crippen molar-refractivity contribution in [1.29, 1.82) is 0 Å². The van der Waals surface area contributed by atoms with Crippen LogP contribution in [0, 0.1) is 12.8 Å². The van der Waals surface area contributed by atoms with Gasteiger partial charge in [0.15, 0.2) is 5.84 Å². The Morgan fingerprint density at radius 1 is 1.38 bits per heavy atom. The molecule has 1 fully saturated rings. The molecule has 0 aromatic heterocycles. The first kappa shape index (κ1) is 15.6. The van der Waals surface area contributed by atoms with Gasteiger partial charge in [-0.2, -0.15) is 0 Å². The summed E-state index contributed by atoms with van der Waals surface area (Å²) in [6.07, 6.45) is 2.36. The Labute approximate surface area is 127 Å². The first-order valence-electron chi connectivity index (χ1n) is 7.49. The van der Waals surface area contributed by atoms with Crippen LogP contribution in [0.2, 0.25) is 0 Å². The molecule has 0 saturated carbocycles. The molecule has 0 bridgehead atoms. The zero-order valence-corrected chi connectivity index (χ0v) is 13.2. The fourth-order valence-electron chi connectivity index (χ4n) is 3.05. The molecule has 1 heterocycles. The monoisotopic (exact) mass is 290 g/mol. The third-order valence-corrected chi connectivity index (χ3v) is 4.12. The van der Waals surface area contributed by atoms with Gasteiger partial charge in [0.25, 0.3) is 0 Å². The molecule has 0 unspecified atom stereocenters. The maximum absolute atomic E-state index is 8.96. The molecule has 0 atom stereocenters. The van der Waals surface area contributed by atoms with Crippen LogP contribution in [0.25, 0.3) is 0 Å². The van der Waals surface area contributed by atoms with Crippen LogP contribution in [-0.4, -0.2) is 49.7 Å². The minimum atomic E-state index is 0.181. The quantitative estimate of drug-likeness (QED) is 0.384. The van der Waals surface area contributed by atoms with Gasteiger partial charge in [-0.1, -0.05) is 11.2 Å². The predicted octanol–water partition coefficient (Wildman–Crippen LogP) is 1.87. The fraction of sp³-hybridized carbons (Fsp3) is 0.562. The van der Waals surface area contributed by atoms with Crippen molar-refractivity contribution in [3.63, 3.8) is 0 Å². The Bertz CT molecular complexity index is 505. The second-order valence-corrected chi connectivity index (χ2v) is 6.20. The Balaban J connectivity index is 2.14. The van der Waals surface area contributed by atoms with Crippen molar-refractivity contribution in [1.82, 2.24) is 4.90 Å². The molecule has 116 valence electrons.